The molecule has 4 nitrogen and oxygen atoms in total. The second-order valence-electron chi connectivity index (χ2n) is 7.33. The zero-order chi connectivity index (χ0) is 18.2. The Balaban J connectivity index is 1.79. The highest BCUT2D eigenvalue weighted by molar-refractivity contribution is 5.77. The van der Waals surface area contributed by atoms with Gasteiger partial charge in [0.15, 0.2) is 0 Å². The van der Waals surface area contributed by atoms with Crippen LogP contribution in [0, 0.1) is 19.8 Å². The number of hydrogen-bond donors (Lipinski definition) is 1. The maximum absolute atomic E-state index is 12.6. The Labute approximate surface area is 152 Å². The van der Waals surface area contributed by atoms with E-state index in [1.54, 1.807) is 0 Å². The molecule has 1 fully saturated rings. The molecule has 1 aromatic rings. The van der Waals surface area contributed by atoms with E-state index in [0.717, 1.165) is 38.8 Å². The summed E-state index contributed by atoms with van der Waals surface area (Å²) < 4.78 is 0. The summed E-state index contributed by atoms with van der Waals surface area (Å²) in [6, 6.07) is 6.43. The summed E-state index contributed by atoms with van der Waals surface area (Å²) in [5, 5.41) is 3.01. The third-order valence-corrected chi connectivity index (χ3v) is 5.04. The molecule has 1 aromatic carbocycles. The van der Waals surface area contributed by atoms with Gasteiger partial charge in [0.05, 0.1) is 0 Å². The first kappa shape index (κ1) is 19.5. The normalized spacial score (nSPS) is 17.4. The number of aryl methyl sites for hydroxylation is 3. The van der Waals surface area contributed by atoms with Crippen molar-refractivity contribution >= 4 is 11.8 Å². The van der Waals surface area contributed by atoms with E-state index in [4.69, 9.17) is 0 Å². The number of piperidine rings is 1. The topological polar surface area (TPSA) is 49.4 Å². The highest BCUT2D eigenvalue weighted by atomic mass is 16.2. The van der Waals surface area contributed by atoms with Crippen molar-refractivity contribution in [3.8, 4) is 0 Å². The fourth-order valence-electron chi connectivity index (χ4n) is 3.56. The maximum atomic E-state index is 12.6. The molecule has 4 heteroatoms. The van der Waals surface area contributed by atoms with Gasteiger partial charge in [-0.3, -0.25) is 9.59 Å². The number of nitrogens with one attached hydrogen (secondary N) is 1. The summed E-state index contributed by atoms with van der Waals surface area (Å²) in [6.45, 7) is 8.54. The number of likely N-dealkylation sites (tertiary alicyclic amines) is 1. The molecule has 0 radical (unpaired) electrons. The number of nitrogens with zero attached hydrogens (tertiary/aromatic N) is 1. The first-order valence-electron chi connectivity index (χ1n) is 9.60. The minimum Gasteiger partial charge on any atom is -0.356 e. The van der Waals surface area contributed by atoms with E-state index in [1.807, 2.05) is 11.8 Å². The van der Waals surface area contributed by atoms with Crippen LogP contribution < -0.4 is 5.32 Å². The second-order valence-corrected chi connectivity index (χ2v) is 7.33. The molecule has 1 N–H and O–H groups in total. The largest absolute Gasteiger partial charge is 0.356 e. The Morgan fingerprint density at radius 2 is 2.04 bits per heavy atom. The number of carbonyl (C=O) groups excluding carboxylic acids is 2. The Morgan fingerprint density at radius 3 is 2.76 bits per heavy atom. The van der Waals surface area contributed by atoms with Crippen LogP contribution in [0.2, 0.25) is 0 Å². The summed E-state index contributed by atoms with van der Waals surface area (Å²) in [4.78, 5) is 26.2. The van der Waals surface area contributed by atoms with Gasteiger partial charge in [-0.1, -0.05) is 30.7 Å². The summed E-state index contributed by atoms with van der Waals surface area (Å²) in [7, 11) is 0. The van der Waals surface area contributed by atoms with Gasteiger partial charge in [0.1, 0.15) is 0 Å². The second kappa shape index (κ2) is 9.59. The molecule has 2 amide bonds. The minimum absolute atomic E-state index is 0.126. The number of benzene rings is 1. The zero-order valence-corrected chi connectivity index (χ0v) is 15.9. The molecule has 0 bridgehead atoms. The summed E-state index contributed by atoms with van der Waals surface area (Å²) in [6.07, 6.45) is 4.96. The fourth-order valence-corrected chi connectivity index (χ4v) is 3.56. The molecule has 0 spiro atoms. The third-order valence-electron chi connectivity index (χ3n) is 5.04. The maximum Gasteiger partial charge on any atom is 0.222 e. The standard InChI is InChI=1S/C21H32N2O2/c1-4-6-20(24)22-14-18-7-5-12-23(15-18)21(25)11-10-19-9-8-16(2)13-17(19)3/h8-9,13,18H,4-7,10-12,14-15H2,1-3H3,(H,22,24)/t18-/m1/s1. The van der Waals surface area contributed by atoms with Crippen LogP contribution in [-0.4, -0.2) is 36.3 Å². The van der Waals surface area contributed by atoms with Crippen LogP contribution in [0.15, 0.2) is 18.2 Å². The molecule has 1 aliphatic rings. The quantitative estimate of drug-likeness (QED) is 0.824. The molecule has 0 unspecified atom stereocenters. The Morgan fingerprint density at radius 1 is 1.24 bits per heavy atom. The van der Waals surface area contributed by atoms with Gasteiger partial charge in [0.25, 0.3) is 0 Å². The molecule has 1 heterocycles. The molecule has 0 saturated carbocycles. The predicted molar refractivity (Wildman–Crippen MR) is 101 cm³/mol. The molecule has 0 aliphatic carbocycles. The van der Waals surface area contributed by atoms with Crippen molar-refractivity contribution in [1.29, 1.82) is 0 Å². The monoisotopic (exact) mass is 344 g/mol. The lowest BCUT2D eigenvalue weighted by atomic mass is 9.96. The van der Waals surface area contributed by atoms with E-state index in [-0.39, 0.29) is 11.8 Å². The average molecular weight is 344 g/mol. The summed E-state index contributed by atoms with van der Waals surface area (Å²) >= 11 is 0. The van der Waals surface area contributed by atoms with Crippen molar-refractivity contribution < 1.29 is 9.59 Å². The molecule has 1 aliphatic heterocycles. The van der Waals surface area contributed by atoms with Crippen molar-refractivity contribution in [2.75, 3.05) is 19.6 Å². The SMILES string of the molecule is CCCC(=O)NC[C@H]1CCCN(C(=O)CCc2ccc(C)cc2C)C1. The van der Waals surface area contributed by atoms with Crippen LogP contribution in [0.4, 0.5) is 0 Å². The van der Waals surface area contributed by atoms with Gasteiger partial charge in [-0.15, -0.1) is 0 Å². The van der Waals surface area contributed by atoms with Gasteiger partial charge in [-0.05, 0) is 56.6 Å². The molecular weight excluding hydrogens is 312 g/mol. The number of carbonyl (C=O) groups is 2. The van der Waals surface area contributed by atoms with E-state index in [9.17, 15) is 9.59 Å². The molecule has 2 rings (SSSR count). The van der Waals surface area contributed by atoms with Crippen molar-refractivity contribution in [1.82, 2.24) is 10.2 Å². The first-order valence-corrected chi connectivity index (χ1v) is 9.60. The van der Waals surface area contributed by atoms with Gasteiger partial charge >= 0.3 is 0 Å². The molecule has 1 atom stereocenters. The van der Waals surface area contributed by atoms with Crippen LogP contribution >= 0.6 is 0 Å². The lowest BCUT2D eigenvalue weighted by Crippen LogP contribution is -2.43. The number of hydrogen-bond acceptors (Lipinski definition) is 2. The molecular formula is C21H32N2O2. The smallest absolute Gasteiger partial charge is 0.222 e. The summed E-state index contributed by atoms with van der Waals surface area (Å²) in [5.41, 5.74) is 3.79. The predicted octanol–water partition coefficient (Wildman–Crippen LogP) is 3.39. The van der Waals surface area contributed by atoms with Crippen molar-refractivity contribution in [3.63, 3.8) is 0 Å². The Hall–Kier alpha value is -1.84. The fraction of sp³-hybridized carbons (Fsp3) is 0.619. The molecule has 1 saturated heterocycles. The Bertz CT molecular complexity index is 598. The van der Waals surface area contributed by atoms with Crippen LogP contribution in [0.1, 0.15) is 55.7 Å². The van der Waals surface area contributed by atoms with Crippen LogP contribution in [0.3, 0.4) is 0 Å². The van der Waals surface area contributed by atoms with E-state index in [1.165, 1.54) is 16.7 Å². The highest BCUT2D eigenvalue weighted by Gasteiger charge is 2.23. The van der Waals surface area contributed by atoms with Gasteiger partial charge in [-0.2, -0.15) is 0 Å². The van der Waals surface area contributed by atoms with Gasteiger partial charge in [0, 0.05) is 32.5 Å². The first-order chi connectivity index (χ1) is 12.0. The van der Waals surface area contributed by atoms with Crippen LogP contribution in [-0.2, 0) is 16.0 Å². The highest BCUT2D eigenvalue weighted by Crippen LogP contribution is 2.18. The zero-order valence-electron chi connectivity index (χ0n) is 15.9. The van der Waals surface area contributed by atoms with Crippen molar-refractivity contribution in [2.24, 2.45) is 5.92 Å². The van der Waals surface area contributed by atoms with Crippen LogP contribution in [0.25, 0.3) is 0 Å². The third kappa shape index (κ3) is 6.18. The average Bonchev–Trinajstić information content (AvgIpc) is 2.59. The molecule has 0 aromatic heterocycles. The van der Waals surface area contributed by atoms with Gasteiger partial charge in [-0.25, -0.2) is 0 Å². The Kier molecular flexibility index (Phi) is 7.48. The lowest BCUT2D eigenvalue weighted by Gasteiger charge is -2.33. The van der Waals surface area contributed by atoms with Crippen molar-refractivity contribution in [3.05, 3.63) is 34.9 Å². The van der Waals surface area contributed by atoms with E-state index in [0.29, 0.717) is 25.3 Å². The summed E-state index contributed by atoms with van der Waals surface area (Å²) in [5.74, 6) is 0.755. The van der Waals surface area contributed by atoms with E-state index < -0.39 is 0 Å². The number of rotatable bonds is 7. The van der Waals surface area contributed by atoms with Gasteiger partial charge < -0.3 is 10.2 Å². The number of amides is 2. The van der Waals surface area contributed by atoms with Crippen molar-refractivity contribution in [2.45, 2.75) is 59.3 Å². The van der Waals surface area contributed by atoms with Crippen LogP contribution in [0.5, 0.6) is 0 Å². The van der Waals surface area contributed by atoms with E-state index >= 15 is 0 Å². The molecule has 138 valence electrons. The lowest BCUT2D eigenvalue weighted by molar-refractivity contribution is -0.132. The van der Waals surface area contributed by atoms with E-state index in [2.05, 4.69) is 37.4 Å². The molecule has 25 heavy (non-hydrogen) atoms. The minimum atomic E-state index is 0.126. The van der Waals surface area contributed by atoms with Gasteiger partial charge in [0.2, 0.25) is 11.8 Å².